The van der Waals surface area contributed by atoms with Crippen LogP contribution in [0, 0.1) is 0 Å². The van der Waals surface area contributed by atoms with E-state index in [1.165, 1.54) is 0 Å². The first-order valence-corrected chi connectivity index (χ1v) is 24.9. The van der Waals surface area contributed by atoms with E-state index in [1.807, 2.05) is 6.55 Å². The van der Waals surface area contributed by atoms with Gasteiger partial charge in [-0.2, -0.15) is 0 Å². The molecule has 2 heterocycles. The Balaban J connectivity index is 0.0000115. The summed E-state index contributed by atoms with van der Waals surface area (Å²) in [5.41, 5.74) is 0. The second-order valence-corrected chi connectivity index (χ2v) is 22.2. The van der Waals surface area contributed by atoms with Gasteiger partial charge in [-0.05, 0) is 65.0 Å². The van der Waals surface area contributed by atoms with Crippen molar-refractivity contribution in [1.82, 2.24) is 0 Å². The molecule has 0 spiro atoms. The van der Waals surface area contributed by atoms with Crippen LogP contribution in [-0.2, 0) is 129 Å². The zero-order valence-electron chi connectivity index (χ0n) is 29.0. The molecule has 0 aromatic carbocycles. The number of carbonyl (C=O) groups is 2. The maximum absolute atomic E-state index is 12.5. The molecule has 14 atom stereocenters. The van der Waals surface area contributed by atoms with Crippen LogP contribution < -0.4 is 0 Å². The van der Waals surface area contributed by atoms with Crippen LogP contribution in [0.3, 0.4) is 0 Å². The minimum absolute atomic E-state index is 0. The van der Waals surface area contributed by atoms with Gasteiger partial charge in [-0.25, -0.2) is 0 Å². The molecule has 25 heteroatoms. The average Bonchev–Trinajstić information content (AvgIpc) is 3.47. The van der Waals surface area contributed by atoms with Gasteiger partial charge in [-0.3, -0.25) is 9.59 Å². The van der Waals surface area contributed by atoms with Crippen LogP contribution in [0.25, 0.3) is 0 Å². The Hall–Kier alpha value is 3.98. The monoisotopic (exact) mass is 1010 g/mol. The van der Waals surface area contributed by atoms with E-state index >= 15 is 0 Å². The SMILES string of the molecule is C[Si](CCCC(=O)OC[C@H]1OC(C)(OP)C(OP)C1OP)O[Si](C)O[Si](C)(C)CCCC(=O)OC[C@H]1OC(C)(OP)C(OP)C1OP.[Y].[Y]. The van der Waals surface area contributed by atoms with Gasteiger partial charge in [0, 0.05) is 135 Å². The van der Waals surface area contributed by atoms with Crippen LogP contribution in [0.4, 0.5) is 0 Å². The summed E-state index contributed by atoms with van der Waals surface area (Å²) in [5.74, 6) is -2.77. The minimum Gasteiger partial charge on any atom is -0.463 e. The van der Waals surface area contributed by atoms with E-state index in [4.69, 9.17) is 54.3 Å². The Morgan fingerprint density at radius 2 is 1.16 bits per heavy atom. The Morgan fingerprint density at radius 3 is 1.55 bits per heavy atom. The molecule has 0 amide bonds. The van der Waals surface area contributed by atoms with Gasteiger partial charge in [0.1, 0.15) is 49.8 Å². The van der Waals surface area contributed by atoms with Gasteiger partial charge in [-0.1, -0.05) is 0 Å². The summed E-state index contributed by atoms with van der Waals surface area (Å²) < 4.78 is 67.9. The third-order valence-electron chi connectivity index (χ3n) is 7.83. The normalized spacial score (nSPS) is 29.9. The Morgan fingerprint density at radius 1 is 0.735 bits per heavy atom. The molecular weight excluding hydrogens is 960 g/mol. The Kier molecular flexibility index (Phi) is 28.2. The predicted molar refractivity (Wildman–Crippen MR) is 199 cm³/mol. The van der Waals surface area contributed by atoms with Crippen molar-refractivity contribution < 1.29 is 129 Å². The molecule has 4 radical (unpaired) electrons. The van der Waals surface area contributed by atoms with Gasteiger partial charge in [0.2, 0.25) is 0 Å². The van der Waals surface area contributed by atoms with Gasteiger partial charge < -0.3 is 54.3 Å². The fraction of sp³-hybridized carbons (Fsp3) is 0.917. The first kappa shape index (κ1) is 53.0. The van der Waals surface area contributed by atoms with Crippen molar-refractivity contribution in [2.75, 3.05) is 13.2 Å². The van der Waals surface area contributed by atoms with Crippen molar-refractivity contribution >= 4 is 95.4 Å². The zero-order chi connectivity index (χ0) is 35.4. The number of hydrogen-bond donors (Lipinski definition) is 0. The minimum atomic E-state index is -2.08. The second-order valence-electron chi connectivity index (χ2n) is 12.1. The molecule has 2 saturated heterocycles. The van der Waals surface area contributed by atoms with Crippen molar-refractivity contribution in [2.24, 2.45) is 0 Å². The fourth-order valence-corrected chi connectivity index (χ4v) is 15.4. The maximum atomic E-state index is 12.5. The topological polar surface area (TPSA) is 145 Å². The van der Waals surface area contributed by atoms with E-state index in [9.17, 15) is 9.59 Å². The number of carbonyl (C=O) groups excluding carboxylic acids is 2. The van der Waals surface area contributed by atoms with Crippen LogP contribution in [0.5, 0.6) is 0 Å². The van der Waals surface area contributed by atoms with Crippen molar-refractivity contribution in [2.45, 2.75) is 126 Å². The first-order chi connectivity index (χ1) is 22.1. The largest absolute Gasteiger partial charge is 0.463 e. The molecule has 0 aliphatic carbocycles. The van der Waals surface area contributed by atoms with E-state index in [2.05, 4.69) is 76.4 Å². The quantitative estimate of drug-likeness (QED) is 0.0871. The fourth-order valence-electron chi connectivity index (χ4n) is 5.42. The maximum Gasteiger partial charge on any atom is 0.359 e. The van der Waals surface area contributed by atoms with E-state index in [0.29, 0.717) is 12.8 Å². The van der Waals surface area contributed by atoms with Gasteiger partial charge in [0.25, 0.3) is 0 Å². The third-order valence-corrected chi connectivity index (χ3v) is 18.5. The molecule has 0 aromatic rings. The number of esters is 2. The van der Waals surface area contributed by atoms with Gasteiger partial charge >= 0.3 is 21.2 Å². The predicted octanol–water partition coefficient (Wildman–Crippen LogP) is 4.15. The molecule has 2 rings (SSSR count). The summed E-state index contributed by atoms with van der Waals surface area (Å²) in [6.07, 6.45) is -1.35. The molecule has 0 bridgehead atoms. The van der Waals surface area contributed by atoms with Gasteiger partial charge in [0.05, 0.1) is 0 Å². The van der Waals surface area contributed by atoms with E-state index in [1.54, 1.807) is 13.8 Å². The summed E-state index contributed by atoms with van der Waals surface area (Å²) in [6, 6.07) is 1.56. The molecule has 0 N–H and O–H groups in total. The van der Waals surface area contributed by atoms with Crippen LogP contribution in [0.1, 0.15) is 39.5 Å². The van der Waals surface area contributed by atoms with E-state index in [-0.39, 0.29) is 103 Å². The molecule has 2 aliphatic heterocycles. The van der Waals surface area contributed by atoms with Crippen molar-refractivity contribution in [3.05, 3.63) is 0 Å². The van der Waals surface area contributed by atoms with Gasteiger partial charge in [0.15, 0.2) is 28.9 Å². The summed E-state index contributed by atoms with van der Waals surface area (Å²) in [7, 11) is 8.37. The van der Waals surface area contributed by atoms with Crippen molar-refractivity contribution in [1.29, 1.82) is 0 Å². The van der Waals surface area contributed by atoms with Gasteiger partial charge in [-0.15, -0.1) is 0 Å². The molecule has 12 unspecified atom stereocenters. The molecule has 2 fully saturated rings. The molecule has 280 valence electrons. The summed E-state index contributed by atoms with van der Waals surface area (Å²) in [6.45, 7) is 11.8. The molecule has 2 aliphatic rings. The van der Waals surface area contributed by atoms with Crippen LogP contribution >= 0.6 is 56.8 Å². The van der Waals surface area contributed by atoms with Crippen LogP contribution in [0.15, 0.2) is 0 Å². The van der Waals surface area contributed by atoms with Crippen LogP contribution in [0.2, 0.25) is 38.3 Å². The molecule has 0 saturated carbocycles. The summed E-state index contributed by atoms with van der Waals surface area (Å²) >= 11 is 0. The molecular formula is C24H52O14P6Si3Y2. The van der Waals surface area contributed by atoms with E-state index < -0.39 is 74.8 Å². The van der Waals surface area contributed by atoms with Crippen molar-refractivity contribution in [3.8, 4) is 0 Å². The average molecular weight is 1010 g/mol. The molecule has 14 nitrogen and oxygen atoms in total. The number of rotatable bonds is 22. The first-order valence-electron chi connectivity index (χ1n) is 15.0. The Bertz CT molecular complexity index is 997. The molecule has 0 aromatic heterocycles. The number of hydrogen-bond acceptors (Lipinski definition) is 14. The smallest absolute Gasteiger partial charge is 0.359 e. The zero-order valence-corrected chi connectivity index (χ0v) is 44.6. The standard InChI is InChI=1S/C24H52O14P6Si3.2Y/c1-23(35-43)21(33-41)19(31-39)15(29-23)13-27-17(25)9-7-11-45(3)37-46(4)38-47(5,6)12-8-10-18(26)28-14-16-20(32-40)22(34-42)24(2,30-16)36-44;;/h15-16,19-22H,7-14,39-44H2,1-6H3;;/t15-,16-,19?,20?,21?,22?,23?,24?;;/m1../s1. The van der Waals surface area contributed by atoms with E-state index in [0.717, 1.165) is 12.1 Å². The summed E-state index contributed by atoms with van der Waals surface area (Å²) in [4.78, 5) is 24.9. The van der Waals surface area contributed by atoms with Crippen molar-refractivity contribution in [3.63, 3.8) is 0 Å². The number of ether oxygens (including phenoxy) is 4. The summed E-state index contributed by atoms with van der Waals surface area (Å²) in [5, 5.41) is 0. The molecule has 49 heavy (non-hydrogen) atoms. The second kappa shape index (κ2) is 26.1. The van der Waals surface area contributed by atoms with Crippen LogP contribution in [-0.4, -0.2) is 100.0 Å². The third kappa shape index (κ3) is 16.8. The Labute approximate surface area is 360 Å².